The van der Waals surface area contributed by atoms with Crippen molar-refractivity contribution in [1.29, 1.82) is 0 Å². The summed E-state index contributed by atoms with van der Waals surface area (Å²) >= 11 is 0. The molecule has 0 bridgehead atoms. The summed E-state index contributed by atoms with van der Waals surface area (Å²) in [6.07, 6.45) is 3.71. The van der Waals surface area contributed by atoms with Crippen LogP contribution in [0.25, 0.3) is 22.3 Å². The molecule has 2 amide bonds. The summed E-state index contributed by atoms with van der Waals surface area (Å²) in [5.41, 5.74) is 4.68. The first-order chi connectivity index (χ1) is 16.6. The van der Waals surface area contributed by atoms with E-state index in [0.717, 1.165) is 37.1 Å². The summed E-state index contributed by atoms with van der Waals surface area (Å²) < 4.78 is 1.79. The van der Waals surface area contributed by atoms with Crippen LogP contribution in [0.3, 0.4) is 0 Å². The summed E-state index contributed by atoms with van der Waals surface area (Å²) in [5.74, 6) is -0.329. The molecular formula is C27H27N5O2. The molecule has 4 aromatic rings. The number of para-hydroxylation sites is 1. The van der Waals surface area contributed by atoms with Gasteiger partial charge in [0.05, 0.1) is 34.1 Å². The van der Waals surface area contributed by atoms with Crippen LogP contribution in [0.1, 0.15) is 46.0 Å². The Balaban J connectivity index is 1.57. The highest BCUT2D eigenvalue weighted by Gasteiger charge is 2.24. The second-order valence-corrected chi connectivity index (χ2v) is 8.57. The number of benzene rings is 2. The van der Waals surface area contributed by atoms with Crippen molar-refractivity contribution in [3.8, 4) is 11.3 Å². The lowest BCUT2D eigenvalue weighted by Crippen LogP contribution is -2.29. The van der Waals surface area contributed by atoms with Crippen molar-refractivity contribution in [1.82, 2.24) is 19.7 Å². The third-order valence-electron chi connectivity index (χ3n) is 6.36. The SMILES string of the molecule is CCn1ncc2c(C(=O)Nc3c(C)cccc3C(=O)N3CCCC3)cc(-c3ccccc3)nc21. The van der Waals surface area contributed by atoms with Crippen molar-refractivity contribution >= 4 is 28.5 Å². The Hall–Kier alpha value is -4.00. The number of fused-ring (bicyclic) bond motifs is 1. The maximum absolute atomic E-state index is 13.7. The first-order valence-electron chi connectivity index (χ1n) is 11.7. The van der Waals surface area contributed by atoms with Gasteiger partial charge in [0.1, 0.15) is 0 Å². The number of rotatable bonds is 5. The van der Waals surface area contributed by atoms with Crippen molar-refractivity contribution in [2.75, 3.05) is 18.4 Å². The fourth-order valence-corrected chi connectivity index (χ4v) is 4.51. The van der Waals surface area contributed by atoms with Gasteiger partial charge in [0.2, 0.25) is 0 Å². The minimum Gasteiger partial charge on any atom is -0.339 e. The molecule has 1 aliphatic rings. The van der Waals surface area contributed by atoms with Gasteiger partial charge in [-0.3, -0.25) is 9.59 Å². The Labute approximate surface area is 198 Å². The van der Waals surface area contributed by atoms with E-state index < -0.39 is 0 Å². The third-order valence-corrected chi connectivity index (χ3v) is 6.36. The van der Waals surface area contributed by atoms with Crippen LogP contribution in [0, 0.1) is 6.92 Å². The Morgan fingerprint density at radius 2 is 1.76 bits per heavy atom. The quantitative estimate of drug-likeness (QED) is 0.465. The second kappa shape index (κ2) is 9.09. The lowest BCUT2D eigenvalue weighted by atomic mass is 10.0. The molecule has 2 aromatic carbocycles. The van der Waals surface area contributed by atoms with E-state index in [9.17, 15) is 9.59 Å². The number of aryl methyl sites for hydroxylation is 2. The zero-order chi connectivity index (χ0) is 23.7. The second-order valence-electron chi connectivity index (χ2n) is 8.57. The van der Waals surface area contributed by atoms with Gasteiger partial charge < -0.3 is 10.2 Å². The minimum absolute atomic E-state index is 0.0415. The Morgan fingerprint density at radius 3 is 2.50 bits per heavy atom. The van der Waals surface area contributed by atoms with Gasteiger partial charge in [0.25, 0.3) is 11.8 Å². The summed E-state index contributed by atoms with van der Waals surface area (Å²) in [6, 6.07) is 17.1. The number of carbonyl (C=O) groups is 2. The molecule has 172 valence electrons. The molecule has 5 rings (SSSR count). The van der Waals surface area contributed by atoms with E-state index in [1.807, 2.05) is 61.2 Å². The van der Waals surface area contributed by atoms with E-state index in [-0.39, 0.29) is 11.8 Å². The highest BCUT2D eigenvalue weighted by Crippen LogP contribution is 2.28. The van der Waals surface area contributed by atoms with E-state index in [0.29, 0.717) is 40.1 Å². The molecular weight excluding hydrogens is 426 g/mol. The number of nitrogens with one attached hydrogen (secondary N) is 1. The first-order valence-corrected chi connectivity index (χ1v) is 11.7. The van der Waals surface area contributed by atoms with Gasteiger partial charge in [-0.1, -0.05) is 42.5 Å². The zero-order valence-electron chi connectivity index (χ0n) is 19.4. The number of amides is 2. The fourth-order valence-electron chi connectivity index (χ4n) is 4.51. The van der Waals surface area contributed by atoms with Crippen molar-refractivity contribution in [2.24, 2.45) is 0 Å². The average Bonchev–Trinajstić information content (AvgIpc) is 3.55. The molecule has 0 radical (unpaired) electrons. The van der Waals surface area contributed by atoms with Gasteiger partial charge in [0.15, 0.2) is 5.65 Å². The zero-order valence-corrected chi connectivity index (χ0v) is 19.4. The summed E-state index contributed by atoms with van der Waals surface area (Å²) in [7, 11) is 0. The van der Waals surface area contributed by atoms with E-state index in [1.165, 1.54) is 0 Å². The number of hydrogen-bond acceptors (Lipinski definition) is 4. The van der Waals surface area contributed by atoms with Crippen molar-refractivity contribution in [3.63, 3.8) is 0 Å². The van der Waals surface area contributed by atoms with Crippen LogP contribution in [0.2, 0.25) is 0 Å². The summed E-state index contributed by atoms with van der Waals surface area (Å²) in [4.78, 5) is 33.5. The molecule has 1 N–H and O–H groups in total. The number of aromatic nitrogens is 3. The van der Waals surface area contributed by atoms with Crippen LogP contribution < -0.4 is 5.32 Å². The molecule has 7 nitrogen and oxygen atoms in total. The number of likely N-dealkylation sites (tertiary alicyclic amines) is 1. The normalized spacial score (nSPS) is 13.4. The van der Waals surface area contributed by atoms with Crippen LogP contribution in [0.4, 0.5) is 5.69 Å². The Kier molecular flexibility index (Phi) is 5.84. The molecule has 2 aromatic heterocycles. The Morgan fingerprint density at radius 1 is 1.00 bits per heavy atom. The van der Waals surface area contributed by atoms with Gasteiger partial charge in [-0.15, -0.1) is 0 Å². The number of carbonyl (C=O) groups excluding carboxylic acids is 2. The van der Waals surface area contributed by atoms with Crippen molar-refractivity contribution in [2.45, 2.75) is 33.2 Å². The van der Waals surface area contributed by atoms with Crippen LogP contribution in [0.5, 0.6) is 0 Å². The predicted octanol–water partition coefficient (Wildman–Crippen LogP) is 4.91. The molecule has 1 aliphatic heterocycles. The van der Waals surface area contributed by atoms with E-state index >= 15 is 0 Å². The third kappa shape index (κ3) is 3.94. The van der Waals surface area contributed by atoms with Crippen molar-refractivity contribution in [3.05, 3.63) is 77.5 Å². The largest absolute Gasteiger partial charge is 0.339 e. The van der Waals surface area contributed by atoms with Crippen LogP contribution >= 0.6 is 0 Å². The number of hydrogen-bond donors (Lipinski definition) is 1. The van der Waals surface area contributed by atoms with E-state index in [1.54, 1.807) is 23.0 Å². The molecule has 0 atom stereocenters. The summed E-state index contributed by atoms with van der Waals surface area (Å²) in [6.45, 7) is 6.04. The van der Waals surface area contributed by atoms with Crippen molar-refractivity contribution < 1.29 is 9.59 Å². The fraction of sp³-hybridized carbons (Fsp3) is 0.259. The maximum Gasteiger partial charge on any atom is 0.256 e. The predicted molar refractivity (Wildman–Crippen MR) is 133 cm³/mol. The number of pyridine rings is 1. The number of nitrogens with zero attached hydrogens (tertiary/aromatic N) is 4. The molecule has 7 heteroatoms. The molecule has 0 saturated carbocycles. The standard InChI is InChI=1S/C27H27N5O2/c1-3-32-25-22(17-28-32)21(16-23(29-25)19-11-5-4-6-12-19)26(33)30-24-18(2)10-9-13-20(24)27(34)31-14-7-8-15-31/h4-6,9-13,16-17H,3,7-8,14-15H2,1-2H3,(H,30,33). The van der Waals surface area contributed by atoms with E-state index in [4.69, 9.17) is 4.98 Å². The minimum atomic E-state index is -0.287. The van der Waals surface area contributed by atoms with E-state index in [2.05, 4.69) is 10.4 Å². The molecule has 1 fully saturated rings. The highest BCUT2D eigenvalue weighted by atomic mass is 16.2. The smallest absolute Gasteiger partial charge is 0.256 e. The van der Waals surface area contributed by atoms with Crippen LogP contribution in [-0.2, 0) is 6.54 Å². The Bertz CT molecular complexity index is 1370. The topological polar surface area (TPSA) is 80.1 Å². The first kappa shape index (κ1) is 21.8. The van der Waals surface area contributed by atoms with Crippen LogP contribution in [-0.4, -0.2) is 44.6 Å². The maximum atomic E-state index is 13.7. The molecule has 3 heterocycles. The highest BCUT2D eigenvalue weighted by molar-refractivity contribution is 6.15. The molecule has 34 heavy (non-hydrogen) atoms. The molecule has 1 saturated heterocycles. The van der Waals surface area contributed by atoms with Gasteiger partial charge in [-0.25, -0.2) is 9.67 Å². The molecule has 0 spiro atoms. The molecule has 0 unspecified atom stereocenters. The number of anilines is 1. The summed E-state index contributed by atoms with van der Waals surface area (Å²) in [5, 5.41) is 8.15. The average molecular weight is 454 g/mol. The van der Waals surface area contributed by atoms with Gasteiger partial charge >= 0.3 is 0 Å². The van der Waals surface area contributed by atoms with Gasteiger partial charge in [-0.05, 0) is 44.4 Å². The molecule has 0 aliphatic carbocycles. The monoisotopic (exact) mass is 453 g/mol. The van der Waals surface area contributed by atoms with Gasteiger partial charge in [0, 0.05) is 25.2 Å². The lowest BCUT2D eigenvalue weighted by Gasteiger charge is -2.19. The van der Waals surface area contributed by atoms with Crippen LogP contribution in [0.15, 0.2) is 60.8 Å². The van der Waals surface area contributed by atoms with Gasteiger partial charge in [-0.2, -0.15) is 5.10 Å². The lowest BCUT2D eigenvalue weighted by molar-refractivity contribution is 0.0793.